The molecule has 2 saturated heterocycles. The number of likely N-dealkylation sites (tertiary alicyclic amines) is 1. The highest BCUT2D eigenvalue weighted by Gasteiger charge is 2.40. The van der Waals surface area contributed by atoms with Crippen LogP contribution < -0.4 is 4.74 Å². The fraction of sp³-hybridized carbons (Fsp3) is 0.500. The number of halogens is 2. The Labute approximate surface area is 218 Å². The lowest BCUT2D eigenvalue weighted by Crippen LogP contribution is -2.51. The molecule has 0 radical (unpaired) electrons. The van der Waals surface area contributed by atoms with Crippen molar-refractivity contribution in [3.63, 3.8) is 0 Å². The molecule has 0 spiro atoms. The van der Waals surface area contributed by atoms with Gasteiger partial charge in [0.15, 0.2) is 0 Å². The Kier molecular flexibility index (Phi) is 8.86. The molecule has 6 nitrogen and oxygen atoms in total. The molecule has 0 bridgehead atoms. The van der Waals surface area contributed by atoms with E-state index in [1.54, 1.807) is 24.3 Å². The second kappa shape index (κ2) is 12.1. The predicted octanol–water partition coefficient (Wildman–Crippen LogP) is 4.26. The largest absolute Gasteiger partial charge is 0.493 e. The first-order valence-electron chi connectivity index (χ1n) is 12.7. The second-order valence-corrected chi connectivity index (χ2v) is 10.5. The Bertz CT molecular complexity index is 1020. The van der Waals surface area contributed by atoms with Crippen molar-refractivity contribution in [2.24, 2.45) is 5.41 Å². The van der Waals surface area contributed by atoms with Gasteiger partial charge in [0.2, 0.25) is 11.8 Å². The first kappa shape index (κ1) is 26.4. The highest BCUT2D eigenvalue weighted by molar-refractivity contribution is 6.30. The van der Waals surface area contributed by atoms with Crippen molar-refractivity contribution in [3.8, 4) is 5.75 Å². The molecule has 2 aliphatic rings. The Morgan fingerprint density at radius 3 is 2.14 bits per heavy atom. The number of hydrogen-bond acceptors (Lipinski definition) is 4. The highest BCUT2D eigenvalue weighted by atomic mass is 35.5. The molecule has 2 heterocycles. The van der Waals surface area contributed by atoms with Crippen molar-refractivity contribution in [1.82, 2.24) is 14.7 Å². The number of ether oxygens (including phenoxy) is 1. The van der Waals surface area contributed by atoms with Crippen molar-refractivity contribution >= 4 is 23.4 Å². The van der Waals surface area contributed by atoms with Crippen LogP contribution in [0.1, 0.15) is 31.2 Å². The van der Waals surface area contributed by atoms with E-state index in [1.165, 1.54) is 12.1 Å². The fourth-order valence-electron chi connectivity index (χ4n) is 4.92. The van der Waals surface area contributed by atoms with Gasteiger partial charge in [-0.1, -0.05) is 23.7 Å². The minimum absolute atomic E-state index is 0.0944. The number of carbonyl (C=O) groups excluding carboxylic acids is 2. The summed E-state index contributed by atoms with van der Waals surface area (Å²) in [4.78, 5) is 32.2. The molecule has 0 saturated carbocycles. The third-order valence-electron chi connectivity index (χ3n) is 7.46. The molecule has 2 fully saturated rings. The first-order chi connectivity index (χ1) is 17.3. The zero-order valence-electron chi connectivity index (χ0n) is 20.9. The van der Waals surface area contributed by atoms with Gasteiger partial charge in [-0.25, -0.2) is 4.39 Å². The number of nitrogens with zero attached hydrogens (tertiary/aromatic N) is 3. The molecule has 0 aliphatic carbocycles. The average molecular weight is 516 g/mol. The molecule has 0 atom stereocenters. The standard InChI is InChI=1S/C28H35ClFN3O3/c1-31-16-18-33(19-17-31)27(35)20-28(21-36-25-9-5-23(29)6-10-25)12-14-32(15-13-28)26(34)11-4-22-2-7-24(30)8-3-22/h2-3,5-10H,4,11-21H2,1H3. The molecule has 8 heteroatoms. The molecule has 0 N–H and O–H groups in total. The Morgan fingerprint density at radius 1 is 0.889 bits per heavy atom. The molecule has 36 heavy (non-hydrogen) atoms. The number of likely N-dealkylation sites (N-methyl/N-ethyl adjacent to an activating group) is 1. The maximum atomic E-state index is 13.3. The number of benzene rings is 2. The molecule has 2 aromatic carbocycles. The normalized spacial score (nSPS) is 18.2. The Morgan fingerprint density at radius 2 is 1.50 bits per heavy atom. The molecule has 194 valence electrons. The molecule has 2 aromatic rings. The fourth-order valence-corrected chi connectivity index (χ4v) is 5.04. The van der Waals surface area contributed by atoms with Crippen LogP contribution in [0.15, 0.2) is 48.5 Å². The number of carbonyl (C=O) groups is 2. The molecular weight excluding hydrogens is 481 g/mol. The van der Waals surface area contributed by atoms with Gasteiger partial charge in [-0.3, -0.25) is 9.59 Å². The molecule has 0 unspecified atom stereocenters. The lowest BCUT2D eigenvalue weighted by Gasteiger charge is -2.43. The summed E-state index contributed by atoms with van der Waals surface area (Å²) >= 11 is 6.01. The first-order valence-corrected chi connectivity index (χ1v) is 13.1. The second-order valence-electron chi connectivity index (χ2n) is 10.1. The SMILES string of the molecule is CN1CCN(C(=O)CC2(COc3ccc(Cl)cc3)CCN(C(=O)CCc3ccc(F)cc3)CC2)CC1. The topological polar surface area (TPSA) is 53.1 Å². The number of aryl methyl sites for hydroxylation is 1. The van der Waals surface area contributed by atoms with E-state index in [9.17, 15) is 14.0 Å². The third kappa shape index (κ3) is 7.20. The minimum atomic E-state index is -0.326. The van der Waals surface area contributed by atoms with Crippen LogP contribution in [0.25, 0.3) is 0 Å². The predicted molar refractivity (Wildman–Crippen MR) is 139 cm³/mol. The smallest absolute Gasteiger partial charge is 0.223 e. The van der Waals surface area contributed by atoms with Gasteiger partial charge in [-0.15, -0.1) is 0 Å². The number of amides is 2. The van der Waals surface area contributed by atoms with Gasteiger partial charge >= 0.3 is 0 Å². The maximum Gasteiger partial charge on any atom is 0.223 e. The van der Waals surface area contributed by atoms with Gasteiger partial charge in [0, 0.05) is 62.5 Å². The number of piperazine rings is 1. The Balaban J connectivity index is 1.36. The quantitative estimate of drug-likeness (QED) is 0.527. The third-order valence-corrected chi connectivity index (χ3v) is 7.71. The van der Waals surface area contributed by atoms with Crippen molar-refractivity contribution in [2.75, 3.05) is 52.9 Å². The van der Waals surface area contributed by atoms with Crippen LogP contribution in [-0.4, -0.2) is 79.4 Å². The van der Waals surface area contributed by atoms with E-state index < -0.39 is 0 Å². The van der Waals surface area contributed by atoms with Crippen molar-refractivity contribution in [1.29, 1.82) is 0 Å². The zero-order valence-corrected chi connectivity index (χ0v) is 21.7. The van der Waals surface area contributed by atoms with E-state index in [0.717, 1.165) is 37.5 Å². The molecular formula is C28H35ClFN3O3. The summed E-state index contributed by atoms with van der Waals surface area (Å²) in [7, 11) is 2.08. The number of piperidine rings is 1. The van der Waals surface area contributed by atoms with Crippen molar-refractivity contribution in [3.05, 3.63) is 64.9 Å². The maximum absolute atomic E-state index is 13.3. The van der Waals surface area contributed by atoms with E-state index >= 15 is 0 Å². The summed E-state index contributed by atoms with van der Waals surface area (Å²) in [6, 6.07) is 13.6. The van der Waals surface area contributed by atoms with Crippen LogP contribution in [0.5, 0.6) is 5.75 Å². The zero-order chi connectivity index (χ0) is 25.5. The van der Waals surface area contributed by atoms with E-state index in [-0.39, 0.29) is 23.0 Å². The lowest BCUT2D eigenvalue weighted by molar-refractivity contribution is -0.139. The van der Waals surface area contributed by atoms with Gasteiger partial charge in [0.25, 0.3) is 0 Å². The summed E-state index contributed by atoms with van der Waals surface area (Å²) in [5, 5.41) is 0.648. The van der Waals surface area contributed by atoms with Crippen LogP contribution in [0.2, 0.25) is 5.02 Å². The highest BCUT2D eigenvalue weighted by Crippen LogP contribution is 2.37. The summed E-state index contributed by atoms with van der Waals surface area (Å²) in [5.74, 6) is 0.712. The van der Waals surface area contributed by atoms with E-state index in [1.807, 2.05) is 21.9 Å². The number of hydrogen-bond donors (Lipinski definition) is 0. The number of rotatable bonds is 8. The van der Waals surface area contributed by atoms with Crippen LogP contribution in [0.4, 0.5) is 4.39 Å². The van der Waals surface area contributed by atoms with Crippen molar-refractivity contribution in [2.45, 2.75) is 32.1 Å². The summed E-state index contributed by atoms with van der Waals surface area (Å²) in [6.45, 7) is 4.89. The van der Waals surface area contributed by atoms with E-state index in [0.29, 0.717) is 56.8 Å². The molecule has 2 aliphatic heterocycles. The van der Waals surface area contributed by atoms with Gasteiger partial charge in [-0.05, 0) is 68.3 Å². The molecule has 0 aromatic heterocycles. The Hall–Kier alpha value is -2.64. The monoisotopic (exact) mass is 515 g/mol. The van der Waals surface area contributed by atoms with Gasteiger partial charge in [-0.2, -0.15) is 0 Å². The molecule has 4 rings (SSSR count). The van der Waals surface area contributed by atoms with Gasteiger partial charge < -0.3 is 19.4 Å². The van der Waals surface area contributed by atoms with Gasteiger partial charge in [0.1, 0.15) is 11.6 Å². The summed E-state index contributed by atoms with van der Waals surface area (Å²) < 4.78 is 19.3. The minimum Gasteiger partial charge on any atom is -0.493 e. The van der Waals surface area contributed by atoms with Crippen LogP contribution >= 0.6 is 11.6 Å². The lowest BCUT2D eigenvalue weighted by atomic mass is 9.75. The van der Waals surface area contributed by atoms with Gasteiger partial charge in [0.05, 0.1) is 6.61 Å². The average Bonchev–Trinajstić information content (AvgIpc) is 2.89. The van der Waals surface area contributed by atoms with Crippen LogP contribution in [0, 0.1) is 11.2 Å². The summed E-state index contributed by atoms with van der Waals surface area (Å²) in [6.07, 6.45) is 2.81. The van der Waals surface area contributed by atoms with Crippen LogP contribution in [0.3, 0.4) is 0 Å². The van der Waals surface area contributed by atoms with E-state index in [2.05, 4.69) is 11.9 Å². The van der Waals surface area contributed by atoms with Crippen LogP contribution in [-0.2, 0) is 16.0 Å². The summed E-state index contributed by atoms with van der Waals surface area (Å²) in [5.41, 5.74) is 0.624. The van der Waals surface area contributed by atoms with Crippen molar-refractivity contribution < 1.29 is 18.7 Å². The molecule has 2 amide bonds. The van der Waals surface area contributed by atoms with E-state index in [4.69, 9.17) is 16.3 Å².